The van der Waals surface area contributed by atoms with E-state index < -0.39 is 9.84 Å². The molecule has 0 aromatic heterocycles. The molecule has 3 nitrogen and oxygen atoms in total. The molecule has 1 aliphatic rings. The summed E-state index contributed by atoms with van der Waals surface area (Å²) >= 11 is 0. The van der Waals surface area contributed by atoms with Crippen LogP contribution in [-0.4, -0.2) is 14.2 Å². The maximum atomic E-state index is 12.1. The van der Waals surface area contributed by atoms with Gasteiger partial charge in [-0.25, -0.2) is 8.42 Å². The molecule has 0 amide bonds. The fourth-order valence-corrected chi connectivity index (χ4v) is 3.51. The van der Waals surface area contributed by atoms with Crippen molar-refractivity contribution in [3.63, 3.8) is 0 Å². The van der Waals surface area contributed by atoms with E-state index in [1.807, 2.05) is 13.0 Å². The molecule has 1 aromatic rings. The smallest absolute Gasteiger partial charge is 0.203 e. The molecule has 16 heavy (non-hydrogen) atoms. The zero-order valence-electron chi connectivity index (χ0n) is 9.15. The maximum Gasteiger partial charge on any atom is 0.203 e. The number of Topliss-reactive ketones (excluding diaryl/α,β-unsaturated/α-hetero) is 1. The Morgan fingerprint density at radius 3 is 2.62 bits per heavy atom. The van der Waals surface area contributed by atoms with Crippen LogP contribution >= 0.6 is 0 Å². The average Bonchev–Trinajstić information content (AvgIpc) is 2.40. The van der Waals surface area contributed by atoms with Gasteiger partial charge < -0.3 is 0 Å². The average molecular weight is 236 g/mol. The molecule has 0 bridgehead atoms. The summed E-state index contributed by atoms with van der Waals surface area (Å²) in [6, 6.07) is 5.28. The normalized spacial score (nSPS) is 16.8. The van der Waals surface area contributed by atoms with Gasteiger partial charge >= 0.3 is 0 Å². The Labute approximate surface area is 94.7 Å². The maximum absolute atomic E-state index is 12.1. The van der Waals surface area contributed by atoms with E-state index in [0.29, 0.717) is 10.5 Å². The number of carbonyl (C=O) groups excluding carboxylic acids is 1. The first kappa shape index (κ1) is 11.1. The second kappa shape index (κ2) is 3.56. The van der Waals surface area contributed by atoms with Crippen LogP contribution in [0.15, 0.2) is 28.0 Å². The zero-order valence-corrected chi connectivity index (χ0v) is 9.97. The monoisotopic (exact) mass is 236 g/mol. The van der Waals surface area contributed by atoms with Crippen molar-refractivity contribution in [1.29, 1.82) is 0 Å². The molecule has 0 unspecified atom stereocenters. The Kier molecular flexibility index (Phi) is 2.46. The lowest BCUT2D eigenvalue weighted by molar-refractivity contribution is -0.116. The molecule has 1 aromatic carbocycles. The van der Waals surface area contributed by atoms with Crippen LogP contribution in [0.3, 0.4) is 0 Å². The number of rotatable bonds is 2. The number of hydrogen-bond acceptors (Lipinski definition) is 3. The standard InChI is InChI=1S/C12H12O3S/c1-8-3-4-10-7-11(6-9(2)13)16(14,15)12(10)5-8/h3-5,7H,6H2,1-2H3. The predicted octanol–water partition coefficient (Wildman–Crippen LogP) is 2.10. The highest BCUT2D eigenvalue weighted by Gasteiger charge is 2.29. The second-order valence-corrected chi connectivity index (χ2v) is 6.01. The second-order valence-electron chi connectivity index (χ2n) is 4.03. The van der Waals surface area contributed by atoms with Crippen LogP contribution in [0.25, 0.3) is 6.08 Å². The van der Waals surface area contributed by atoms with Crippen molar-refractivity contribution in [3.8, 4) is 0 Å². The molecular weight excluding hydrogens is 224 g/mol. The molecule has 1 heterocycles. The highest BCUT2D eigenvalue weighted by Crippen LogP contribution is 2.34. The van der Waals surface area contributed by atoms with Gasteiger partial charge in [0.25, 0.3) is 0 Å². The minimum absolute atomic E-state index is 0.0178. The Bertz CT molecular complexity index is 595. The minimum atomic E-state index is -3.42. The Morgan fingerprint density at radius 2 is 2.00 bits per heavy atom. The van der Waals surface area contributed by atoms with Crippen LogP contribution in [0.4, 0.5) is 0 Å². The van der Waals surface area contributed by atoms with Crippen LogP contribution in [-0.2, 0) is 14.6 Å². The zero-order chi connectivity index (χ0) is 11.9. The van der Waals surface area contributed by atoms with E-state index in [2.05, 4.69) is 0 Å². The van der Waals surface area contributed by atoms with Gasteiger partial charge in [-0.15, -0.1) is 0 Å². The van der Waals surface area contributed by atoms with Crippen molar-refractivity contribution in [2.75, 3.05) is 0 Å². The van der Waals surface area contributed by atoms with Gasteiger partial charge in [0.1, 0.15) is 5.78 Å². The third-order valence-electron chi connectivity index (χ3n) is 2.54. The van der Waals surface area contributed by atoms with Crippen LogP contribution in [0, 0.1) is 6.92 Å². The summed E-state index contributed by atoms with van der Waals surface area (Å²) in [5.74, 6) is -0.139. The van der Waals surface area contributed by atoms with Crippen molar-refractivity contribution < 1.29 is 13.2 Å². The summed E-state index contributed by atoms with van der Waals surface area (Å²) in [5.41, 5.74) is 1.58. The lowest BCUT2D eigenvalue weighted by Crippen LogP contribution is -2.04. The number of allylic oxidation sites excluding steroid dienone is 1. The summed E-state index contributed by atoms with van der Waals surface area (Å²) in [7, 11) is -3.42. The Morgan fingerprint density at radius 1 is 1.31 bits per heavy atom. The molecule has 0 N–H and O–H groups in total. The predicted molar refractivity (Wildman–Crippen MR) is 61.6 cm³/mol. The molecule has 0 saturated heterocycles. The minimum Gasteiger partial charge on any atom is -0.300 e. The first-order valence-corrected chi connectivity index (χ1v) is 6.45. The van der Waals surface area contributed by atoms with Gasteiger partial charge in [0, 0.05) is 6.42 Å². The Hall–Kier alpha value is -1.42. The first-order chi connectivity index (χ1) is 7.41. The van der Waals surface area contributed by atoms with Crippen LogP contribution in [0.5, 0.6) is 0 Å². The SMILES string of the molecule is CC(=O)CC1=Cc2ccc(C)cc2S1(=O)=O. The quantitative estimate of drug-likeness (QED) is 0.790. The number of sulfone groups is 1. The van der Waals surface area contributed by atoms with Crippen LogP contribution in [0.1, 0.15) is 24.5 Å². The number of carbonyl (C=O) groups is 1. The molecule has 4 heteroatoms. The van der Waals surface area contributed by atoms with E-state index in [-0.39, 0.29) is 17.1 Å². The fraction of sp³-hybridized carbons (Fsp3) is 0.250. The van der Waals surface area contributed by atoms with Gasteiger partial charge in [0.2, 0.25) is 9.84 Å². The first-order valence-electron chi connectivity index (χ1n) is 4.97. The molecule has 0 aliphatic carbocycles. The number of ketones is 1. The van der Waals surface area contributed by atoms with E-state index in [1.54, 1.807) is 18.2 Å². The molecular formula is C12H12O3S. The third kappa shape index (κ3) is 1.69. The highest BCUT2D eigenvalue weighted by atomic mass is 32.2. The van der Waals surface area contributed by atoms with Gasteiger partial charge in [0.05, 0.1) is 9.80 Å². The van der Waals surface area contributed by atoms with E-state index in [0.717, 1.165) is 5.56 Å². The molecule has 1 aliphatic heterocycles. The summed E-state index contributed by atoms with van der Waals surface area (Å²) in [5, 5.41) is 0. The van der Waals surface area contributed by atoms with Gasteiger partial charge in [-0.05, 0) is 37.1 Å². The third-order valence-corrected chi connectivity index (χ3v) is 4.43. The summed E-state index contributed by atoms with van der Waals surface area (Å²) in [6.45, 7) is 3.24. The number of aryl methyl sites for hydroxylation is 1. The van der Waals surface area contributed by atoms with E-state index in [1.165, 1.54) is 6.92 Å². The number of fused-ring (bicyclic) bond motifs is 1. The van der Waals surface area contributed by atoms with Gasteiger partial charge in [-0.1, -0.05) is 12.1 Å². The molecule has 84 valence electrons. The van der Waals surface area contributed by atoms with Crippen molar-refractivity contribution in [2.24, 2.45) is 0 Å². The van der Waals surface area contributed by atoms with Crippen LogP contribution in [0.2, 0.25) is 0 Å². The molecule has 0 radical (unpaired) electrons. The van der Waals surface area contributed by atoms with Gasteiger partial charge in [0.15, 0.2) is 0 Å². The summed E-state index contributed by atoms with van der Waals surface area (Å²) in [6.07, 6.45) is 1.57. The van der Waals surface area contributed by atoms with Crippen molar-refractivity contribution in [2.45, 2.75) is 25.2 Å². The van der Waals surface area contributed by atoms with Gasteiger partial charge in [-0.3, -0.25) is 4.79 Å². The molecule has 0 fully saturated rings. The van der Waals surface area contributed by atoms with E-state index in [4.69, 9.17) is 0 Å². The van der Waals surface area contributed by atoms with Crippen molar-refractivity contribution in [3.05, 3.63) is 34.2 Å². The summed E-state index contributed by atoms with van der Waals surface area (Å²) in [4.78, 5) is 11.5. The molecule has 0 spiro atoms. The molecule has 0 atom stereocenters. The fourth-order valence-electron chi connectivity index (χ4n) is 1.78. The van der Waals surface area contributed by atoms with E-state index >= 15 is 0 Å². The van der Waals surface area contributed by atoms with Crippen molar-refractivity contribution in [1.82, 2.24) is 0 Å². The van der Waals surface area contributed by atoms with E-state index in [9.17, 15) is 13.2 Å². The lowest BCUT2D eigenvalue weighted by Gasteiger charge is -2.02. The van der Waals surface area contributed by atoms with Gasteiger partial charge in [-0.2, -0.15) is 0 Å². The topological polar surface area (TPSA) is 51.2 Å². The summed E-state index contributed by atoms with van der Waals surface area (Å²) < 4.78 is 24.1. The highest BCUT2D eigenvalue weighted by molar-refractivity contribution is 7.95. The lowest BCUT2D eigenvalue weighted by atomic mass is 10.1. The molecule has 2 rings (SSSR count). The Balaban J connectivity index is 2.56. The van der Waals surface area contributed by atoms with Crippen molar-refractivity contribution >= 4 is 21.7 Å². The number of hydrogen-bond donors (Lipinski definition) is 0. The van der Waals surface area contributed by atoms with Crippen LogP contribution < -0.4 is 0 Å². The molecule has 0 saturated carbocycles. The number of benzene rings is 1. The largest absolute Gasteiger partial charge is 0.300 e.